The molecule has 0 spiro atoms. The molecule has 16 heteroatoms. The Kier molecular flexibility index (Phi) is 14.4. The molecule has 4 aliphatic rings. The Morgan fingerprint density at radius 2 is 1.57 bits per heavy atom. The molecule has 1 amide bonds. The van der Waals surface area contributed by atoms with Crippen LogP contribution < -0.4 is 15.0 Å². The molecular formula is C52H62N4O12. The molecule has 1 saturated heterocycles. The normalized spacial score (nSPS) is 29.1. The van der Waals surface area contributed by atoms with Gasteiger partial charge in [-0.25, -0.2) is 0 Å². The van der Waals surface area contributed by atoms with Crippen molar-refractivity contribution in [3.05, 3.63) is 95.3 Å². The number of fused-ring (bicyclic) bond motifs is 15. The van der Waals surface area contributed by atoms with Crippen LogP contribution in [0, 0.1) is 30.6 Å². The molecule has 362 valence electrons. The lowest BCUT2D eigenvalue weighted by Crippen LogP contribution is -2.46. The number of hydrogen-bond acceptors (Lipinski definition) is 15. The minimum atomic E-state index is -2.07. The number of ether oxygens (including phenoxy) is 4. The lowest BCUT2D eigenvalue weighted by molar-refractivity contribution is -0.160. The van der Waals surface area contributed by atoms with Crippen LogP contribution in [0.15, 0.2) is 83.7 Å². The fourth-order valence-corrected chi connectivity index (χ4v) is 9.55. The zero-order valence-electron chi connectivity index (χ0n) is 39.9. The first-order valence-electron chi connectivity index (χ1n) is 22.9. The highest BCUT2D eigenvalue weighted by Gasteiger charge is 2.50. The van der Waals surface area contributed by atoms with E-state index in [4.69, 9.17) is 24.0 Å². The number of esters is 1. The van der Waals surface area contributed by atoms with Crippen LogP contribution in [-0.2, 0) is 23.8 Å². The van der Waals surface area contributed by atoms with E-state index in [0.29, 0.717) is 26.2 Å². The molecule has 1 fully saturated rings. The standard InChI is InChI=1S/C52H62N4O12/c1-27-14-12-15-28(2)51(64)54-42-36(26-53-56-23-21-55(22-24-56)37-19-13-17-34-16-10-11-18-35(34)37)46(61)39-40(47(42)62)45(60)32(6)49-41(39)50(63)52(8,68-49)66-25-20-38(65-9)29(3)48(67-33(7)57)31(5)44(59)30(4)43(27)58/h10-20,25-27,29-31,38,43-44,48,58-62H,21-24H2,1-9H3,(H,54,64)/b14-12+,25-20+,28-15-,53-26-/t27-,29+,30+,31+,38-,43-,44+,48+,52-/m0/s1. The van der Waals surface area contributed by atoms with Crippen LogP contribution in [0.3, 0.4) is 0 Å². The first kappa shape index (κ1) is 49.3. The van der Waals surface area contributed by atoms with E-state index in [0.717, 1.165) is 16.5 Å². The molecule has 4 aromatic rings. The molecule has 0 aliphatic carbocycles. The topological polar surface area (TPSA) is 220 Å². The SMILES string of the molecule is CO[C@H]1/C=C/O[C@@]2(C)Oc3c(C)c(O)c4c(O)c(c(/C=N\N5CCN(c6cccc7ccccc67)CC5)c(O)c4c3C2=O)NC(=O)/C(C)=C\C=C\[C@H](C)[C@H](O)[C@@H](C)[C@@H](O)[C@@H](C)[C@H](OC(C)=O)[C@@H]1C. The second kappa shape index (κ2) is 19.9. The van der Waals surface area contributed by atoms with E-state index in [1.807, 2.05) is 18.2 Å². The van der Waals surface area contributed by atoms with E-state index in [1.165, 1.54) is 59.4 Å². The minimum absolute atomic E-state index is 0.0482. The quantitative estimate of drug-likeness (QED) is 0.0511. The summed E-state index contributed by atoms with van der Waals surface area (Å²) in [6.45, 7) is 14.8. The summed E-state index contributed by atoms with van der Waals surface area (Å²) >= 11 is 0. The molecular weight excluding hydrogens is 873 g/mol. The van der Waals surface area contributed by atoms with E-state index < -0.39 is 88.8 Å². The molecule has 68 heavy (non-hydrogen) atoms. The lowest BCUT2D eigenvalue weighted by atomic mass is 9.78. The number of carbonyl (C=O) groups excluding carboxylic acids is 3. The van der Waals surface area contributed by atoms with Gasteiger partial charge in [0.1, 0.15) is 23.4 Å². The molecule has 6 N–H and O–H groups in total. The number of amides is 1. The fraction of sp³-hybridized carbons (Fsp3) is 0.423. The van der Waals surface area contributed by atoms with E-state index in [2.05, 4.69) is 34.5 Å². The van der Waals surface area contributed by atoms with Gasteiger partial charge in [-0.15, -0.1) is 0 Å². The Morgan fingerprint density at radius 3 is 2.26 bits per heavy atom. The van der Waals surface area contributed by atoms with Crippen LogP contribution in [0.25, 0.3) is 21.5 Å². The molecule has 0 saturated carbocycles. The zero-order chi connectivity index (χ0) is 49.4. The van der Waals surface area contributed by atoms with Crippen LogP contribution in [0.5, 0.6) is 23.0 Å². The van der Waals surface area contributed by atoms with Crippen LogP contribution in [0.2, 0.25) is 0 Å². The molecule has 0 radical (unpaired) electrons. The van der Waals surface area contributed by atoms with Crippen LogP contribution >= 0.6 is 0 Å². The van der Waals surface area contributed by atoms with Crippen LogP contribution in [0.1, 0.15) is 70.0 Å². The first-order valence-corrected chi connectivity index (χ1v) is 22.9. The average molecular weight is 935 g/mol. The predicted octanol–water partition coefficient (Wildman–Crippen LogP) is 7.06. The number of Topliss-reactive ketones (excluding diaryl/α,β-unsaturated/α-hetero) is 1. The highest BCUT2D eigenvalue weighted by atomic mass is 16.7. The number of carbonyl (C=O) groups is 3. The van der Waals surface area contributed by atoms with Crippen molar-refractivity contribution in [2.45, 2.75) is 85.6 Å². The van der Waals surface area contributed by atoms with Crippen molar-refractivity contribution in [1.82, 2.24) is 5.01 Å². The van der Waals surface area contributed by atoms with Gasteiger partial charge in [-0.3, -0.25) is 19.4 Å². The molecule has 0 aromatic heterocycles. The maximum absolute atomic E-state index is 14.6. The summed E-state index contributed by atoms with van der Waals surface area (Å²) in [5.74, 6) is -8.48. The van der Waals surface area contributed by atoms with Gasteiger partial charge in [0.25, 0.3) is 11.7 Å². The summed E-state index contributed by atoms with van der Waals surface area (Å²) in [6.07, 6.45) is 4.85. The predicted molar refractivity (Wildman–Crippen MR) is 259 cm³/mol. The number of benzene rings is 4. The number of nitrogens with zero attached hydrogens (tertiary/aromatic N) is 3. The smallest absolute Gasteiger partial charge is 0.312 e. The van der Waals surface area contributed by atoms with E-state index in [9.17, 15) is 39.9 Å². The van der Waals surface area contributed by atoms with Gasteiger partial charge in [-0.2, -0.15) is 5.10 Å². The van der Waals surface area contributed by atoms with Gasteiger partial charge in [0, 0.05) is 85.3 Å². The third-order valence-electron chi connectivity index (χ3n) is 13.7. The second-order valence-corrected chi connectivity index (χ2v) is 18.3. The van der Waals surface area contributed by atoms with Crippen LogP contribution in [-0.4, -0.2) is 118 Å². The highest BCUT2D eigenvalue weighted by molar-refractivity contribution is 6.24. The number of hydrazone groups is 1. The van der Waals surface area contributed by atoms with Crippen molar-refractivity contribution in [3.63, 3.8) is 0 Å². The number of aromatic hydroxyl groups is 3. The lowest BCUT2D eigenvalue weighted by Gasteiger charge is -2.38. The van der Waals surface area contributed by atoms with Gasteiger partial charge in [-0.1, -0.05) is 82.3 Å². The number of phenols is 3. The maximum Gasteiger partial charge on any atom is 0.312 e. The Bertz CT molecular complexity index is 2720. The summed E-state index contributed by atoms with van der Waals surface area (Å²) in [5, 5.41) is 70.1. The van der Waals surface area contributed by atoms with Crippen LogP contribution in [0.4, 0.5) is 11.4 Å². The molecule has 16 nitrogen and oxygen atoms in total. The number of aliphatic hydroxyl groups excluding tert-OH is 2. The monoisotopic (exact) mass is 934 g/mol. The molecule has 8 rings (SSSR count). The summed E-state index contributed by atoms with van der Waals surface area (Å²) in [6, 6.07) is 14.3. The van der Waals surface area contributed by atoms with E-state index in [1.54, 1.807) is 44.9 Å². The summed E-state index contributed by atoms with van der Waals surface area (Å²) in [4.78, 5) is 43.3. The number of nitrogens with one attached hydrogen (secondary N) is 1. The molecule has 0 unspecified atom stereocenters. The number of ketones is 1. The molecule has 4 aromatic carbocycles. The molecule has 4 aliphatic heterocycles. The Labute approximate surface area is 395 Å². The van der Waals surface area contributed by atoms with Gasteiger partial charge >= 0.3 is 11.8 Å². The Hall–Kier alpha value is -6.62. The number of allylic oxidation sites excluding steroid dienone is 2. The van der Waals surface area contributed by atoms with Crippen molar-refractivity contribution >= 4 is 56.8 Å². The molecule has 4 heterocycles. The fourth-order valence-electron chi connectivity index (χ4n) is 9.55. The van der Waals surface area contributed by atoms with Crippen molar-refractivity contribution < 1.29 is 58.9 Å². The van der Waals surface area contributed by atoms with Gasteiger partial charge in [-0.05, 0) is 31.4 Å². The Balaban J connectivity index is 1.32. The molecule has 5 bridgehead atoms. The van der Waals surface area contributed by atoms with Crippen molar-refractivity contribution in [2.24, 2.45) is 28.8 Å². The second-order valence-electron chi connectivity index (χ2n) is 18.3. The third kappa shape index (κ3) is 9.32. The largest absolute Gasteiger partial charge is 0.507 e. The number of rotatable bonds is 5. The number of piperazine rings is 1. The van der Waals surface area contributed by atoms with E-state index in [-0.39, 0.29) is 44.5 Å². The zero-order valence-corrected chi connectivity index (χ0v) is 39.9. The number of hydrogen-bond donors (Lipinski definition) is 6. The number of phenolic OH excluding ortho intramolecular Hbond substituents is 3. The number of aliphatic hydroxyl groups is 2. The number of anilines is 2. The van der Waals surface area contributed by atoms with Gasteiger partial charge < -0.3 is 54.7 Å². The van der Waals surface area contributed by atoms with Crippen molar-refractivity contribution in [1.29, 1.82) is 0 Å². The van der Waals surface area contributed by atoms with E-state index >= 15 is 0 Å². The summed E-state index contributed by atoms with van der Waals surface area (Å²) in [5.41, 5.74) is 0.689. The minimum Gasteiger partial charge on any atom is -0.507 e. The Morgan fingerprint density at radius 1 is 0.882 bits per heavy atom. The first-order chi connectivity index (χ1) is 32.3. The van der Waals surface area contributed by atoms with Crippen molar-refractivity contribution in [2.75, 3.05) is 43.5 Å². The third-order valence-corrected chi connectivity index (χ3v) is 13.7. The maximum atomic E-state index is 14.6. The van der Waals surface area contributed by atoms with Gasteiger partial charge in [0.15, 0.2) is 5.75 Å². The summed E-state index contributed by atoms with van der Waals surface area (Å²) in [7, 11) is 1.44. The molecule has 9 atom stereocenters. The highest BCUT2D eigenvalue weighted by Crippen LogP contribution is 2.55. The average Bonchev–Trinajstić information content (AvgIpc) is 3.59. The van der Waals surface area contributed by atoms with Crippen molar-refractivity contribution in [3.8, 4) is 23.0 Å². The number of methoxy groups -OCH3 is 1. The summed E-state index contributed by atoms with van der Waals surface area (Å²) < 4.78 is 23.8. The van der Waals surface area contributed by atoms with Gasteiger partial charge in [0.2, 0.25) is 0 Å². The van der Waals surface area contributed by atoms with Gasteiger partial charge in [0.05, 0.1) is 66.1 Å².